The number of hydrogen-bond acceptors (Lipinski definition) is 11. The maximum atomic E-state index is 14.1. The Morgan fingerprint density at radius 3 is 1.64 bits per heavy atom. The van der Waals surface area contributed by atoms with Gasteiger partial charge < -0.3 is 47.0 Å². The number of amides is 4. The molecule has 0 spiro atoms. The van der Waals surface area contributed by atoms with Crippen LogP contribution in [0.3, 0.4) is 0 Å². The predicted octanol–water partition coefficient (Wildman–Crippen LogP) is 4.27. The number of fused-ring (bicyclic) bond motifs is 2. The second kappa shape index (κ2) is 22.9. The molecule has 0 saturated heterocycles. The van der Waals surface area contributed by atoms with Crippen LogP contribution in [0.1, 0.15) is 91.0 Å². The van der Waals surface area contributed by atoms with E-state index >= 15 is 0 Å². The summed E-state index contributed by atoms with van der Waals surface area (Å²) in [4.78, 5) is 98.5. The topological polar surface area (TPSA) is 290 Å². The molecule has 2 aromatic heterocycles. The Bertz CT molecular complexity index is 2310. The number of carbonyl (C=O) groups is 7. The number of carboxylic acid groups (broad SMARTS) is 4. The molecular weight excluding hydrogens is 853 g/mol. The normalized spacial score (nSPS) is 14.1. The SMILES string of the molecule is CNC(C)(CCC(=O)NCCCCC(NC(=O)NC(CCC(=O)O)C(=O)O)C(=O)O)C(=O)NC(C(=O)O)C(C)(C)C(C)(C)N(Cc1ccc2ccccc2n1)Cc1ccc2ccccc2n1. The highest BCUT2D eigenvalue weighted by molar-refractivity contribution is 5.91. The Hall–Kier alpha value is -6.73. The number of aromatic nitrogens is 2. The average molecular weight is 915 g/mol. The standard InChI is InChI=1S/C47H62N8O11/c1-45(2,46(3,4)55(27-31-20-18-29-13-7-9-15-33(29)50-31)28-32-21-19-30-14-8-10-16-34(30)51-32)39(42(63)64)54-43(65)47(5,48-6)25-24-37(56)49-26-12-11-17-35(40(59)60)52-44(66)53-36(41(61)62)22-23-38(57)58/h7-10,13-16,18-21,35-36,39,48H,11-12,17,22-28H2,1-6H3,(H,49,56)(H,54,65)(H,57,58)(H,59,60)(H,61,62)(H,63,64)(H2,52,53,66). The molecule has 4 amide bonds. The van der Waals surface area contributed by atoms with Crippen molar-refractivity contribution in [2.75, 3.05) is 13.6 Å². The number of carboxylic acids is 4. The summed E-state index contributed by atoms with van der Waals surface area (Å²) in [5.74, 6) is -6.38. The van der Waals surface area contributed by atoms with Gasteiger partial charge in [-0.2, -0.15) is 0 Å². The minimum atomic E-state index is -1.54. The van der Waals surface area contributed by atoms with Gasteiger partial charge in [0.15, 0.2) is 0 Å². The molecule has 19 nitrogen and oxygen atoms in total. The second-order valence-corrected chi connectivity index (χ2v) is 17.6. The number of nitrogens with one attached hydrogen (secondary N) is 5. The molecule has 9 N–H and O–H groups in total. The van der Waals surface area contributed by atoms with Crippen LogP contribution < -0.4 is 26.6 Å². The Balaban J connectivity index is 1.39. The molecule has 66 heavy (non-hydrogen) atoms. The number of aliphatic carboxylic acids is 4. The van der Waals surface area contributed by atoms with Crippen molar-refractivity contribution in [2.24, 2.45) is 5.41 Å². The first-order valence-corrected chi connectivity index (χ1v) is 21.8. The van der Waals surface area contributed by atoms with Crippen LogP contribution in [0, 0.1) is 5.41 Å². The number of pyridine rings is 2. The van der Waals surface area contributed by atoms with Gasteiger partial charge >= 0.3 is 29.9 Å². The third kappa shape index (κ3) is 13.9. The van der Waals surface area contributed by atoms with E-state index in [0.717, 1.165) is 33.2 Å². The van der Waals surface area contributed by atoms with Gasteiger partial charge in [-0.1, -0.05) is 62.4 Å². The van der Waals surface area contributed by atoms with E-state index in [0.29, 0.717) is 19.5 Å². The summed E-state index contributed by atoms with van der Waals surface area (Å²) in [6.07, 6.45) is -0.539. The number of likely N-dealkylation sites (N-methyl/N-ethyl adjacent to an activating group) is 1. The van der Waals surface area contributed by atoms with E-state index in [1.54, 1.807) is 27.8 Å². The van der Waals surface area contributed by atoms with Gasteiger partial charge in [0.2, 0.25) is 11.8 Å². The van der Waals surface area contributed by atoms with Crippen LogP contribution in [0.2, 0.25) is 0 Å². The first-order chi connectivity index (χ1) is 31.1. The van der Waals surface area contributed by atoms with Gasteiger partial charge in [0.25, 0.3) is 0 Å². The summed E-state index contributed by atoms with van der Waals surface area (Å²) >= 11 is 0. The third-order valence-corrected chi connectivity index (χ3v) is 12.6. The predicted molar refractivity (Wildman–Crippen MR) is 245 cm³/mol. The lowest BCUT2D eigenvalue weighted by Gasteiger charge is -2.52. The largest absolute Gasteiger partial charge is 0.481 e. The molecule has 0 bridgehead atoms. The van der Waals surface area contributed by atoms with Crippen LogP contribution in [0.4, 0.5) is 4.79 Å². The molecule has 356 valence electrons. The lowest BCUT2D eigenvalue weighted by molar-refractivity contribution is -0.151. The fraction of sp³-hybridized carbons (Fsp3) is 0.468. The Kier molecular flexibility index (Phi) is 18.0. The van der Waals surface area contributed by atoms with Gasteiger partial charge in [-0.25, -0.2) is 19.2 Å². The quantitative estimate of drug-likeness (QED) is 0.0398. The lowest BCUT2D eigenvalue weighted by Crippen LogP contribution is -2.66. The van der Waals surface area contributed by atoms with Gasteiger partial charge in [-0.3, -0.25) is 29.3 Å². The molecule has 0 saturated carbocycles. The number of unbranched alkanes of at least 4 members (excludes halogenated alkanes) is 1. The number of benzene rings is 2. The molecule has 19 heteroatoms. The second-order valence-electron chi connectivity index (χ2n) is 17.6. The molecule has 4 rings (SSSR count). The highest BCUT2D eigenvalue weighted by atomic mass is 16.4. The third-order valence-electron chi connectivity index (χ3n) is 12.6. The maximum absolute atomic E-state index is 14.1. The fourth-order valence-corrected chi connectivity index (χ4v) is 7.48. The minimum Gasteiger partial charge on any atom is -0.481 e. The molecule has 0 aliphatic heterocycles. The van der Waals surface area contributed by atoms with Crippen molar-refractivity contribution < 1.29 is 54.0 Å². The molecule has 4 aromatic rings. The molecule has 0 radical (unpaired) electrons. The zero-order chi connectivity index (χ0) is 48.8. The van der Waals surface area contributed by atoms with Crippen LogP contribution in [0.5, 0.6) is 0 Å². The van der Waals surface area contributed by atoms with E-state index in [-0.39, 0.29) is 32.2 Å². The number of rotatable bonds is 26. The Morgan fingerprint density at radius 1 is 0.636 bits per heavy atom. The number of urea groups is 1. The number of nitrogens with zero attached hydrogens (tertiary/aromatic N) is 3. The van der Waals surface area contributed by atoms with Crippen LogP contribution in [0.15, 0.2) is 72.8 Å². The summed E-state index contributed by atoms with van der Waals surface area (Å²) < 4.78 is 0. The summed E-state index contributed by atoms with van der Waals surface area (Å²) in [5.41, 5.74) is -0.275. The molecule has 4 unspecified atom stereocenters. The van der Waals surface area contributed by atoms with E-state index in [2.05, 4.69) is 31.5 Å². The zero-order valence-electron chi connectivity index (χ0n) is 38.2. The van der Waals surface area contributed by atoms with Crippen molar-refractivity contribution in [3.8, 4) is 0 Å². The van der Waals surface area contributed by atoms with Crippen LogP contribution in [-0.2, 0) is 41.9 Å². The van der Waals surface area contributed by atoms with Gasteiger partial charge in [-0.15, -0.1) is 0 Å². The molecule has 0 aliphatic rings. The summed E-state index contributed by atoms with van der Waals surface area (Å²) in [6.45, 7) is 9.87. The lowest BCUT2D eigenvalue weighted by atomic mass is 9.67. The number of para-hydroxylation sites is 2. The summed E-state index contributed by atoms with van der Waals surface area (Å²) in [6, 6.07) is 18.0. The van der Waals surface area contributed by atoms with Gasteiger partial charge in [-0.05, 0) is 84.2 Å². The average Bonchev–Trinajstić information content (AvgIpc) is 3.27. The summed E-state index contributed by atoms with van der Waals surface area (Å²) in [5, 5.41) is 53.1. The van der Waals surface area contributed by atoms with Crippen LogP contribution in [-0.4, -0.2) is 120 Å². The Morgan fingerprint density at radius 2 is 1.15 bits per heavy atom. The molecule has 0 aliphatic carbocycles. The summed E-state index contributed by atoms with van der Waals surface area (Å²) in [7, 11) is 1.54. The van der Waals surface area contributed by atoms with Crippen LogP contribution >= 0.6 is 0 Å². The molecule has 2 heterocycles. The van der Waals surface area contributed by atoms with Crippen molar-refractivity contribution >= 4 is 63.5 Å². The highest BCUT2D eigenvalue weighted by Crippen LogP contribution is 2.41. The van der Waals surface area contributed by atoms with E-state index < -0.39 is 89.2 Å². The maximum Gasteiger partial charge on any atom is 0.326 e. The zero-order valence-corrected chi connectivity index (χ0v) is 38.2. The van der Waals surface area contributed by atoms with E-state index in [4.69, 9.17) is 15.1 Å². The smallest absolute Gasteiger partial charge is 0.326 e. The van der Waals surface area contributed by atoms with Crippen molar-refractivity contribution in [2.45, 2.75) is 122 Å². The van der Waals surface area contributed by atoms with E-state index in [9.17, 15) is 48.9 Å². The highest BCUT2D eigenvalue weighted by Gasteiger charge is 2.51. The van der Waals surface area contributed by atoms with Crippen molar-refractivity contribution in [1.82, 2.24) is 41.5 Å². The molecule has 4 atom stereocenters. The molecule has 2 aromatic carbocycles. The number of hydrogen-bond donors (Lipinski definition) is 9. The first kappa shape index (κ1) is 51.9. The fourth-order valence-electron chi connectivity index (χ4n) is 7.48. The monoisotopic (exact) mass is 914 g/mol. The van der Waals surface area contributed by atoms with Gasteiger partial charge in [0, 0.05) is 54.2 Å². The van der Waals surface area contributed by atoms with Crippen molar-refractivity contribution in [1.29, 1.82) is 0 Å². The number of carbonyl (C=O) groups excluding carboxylic acids is 3. The molecular formula is C47H62N8O11. The Labute approximate surface area is 383 Å². The molecule has 0 fully saturated rings. The van der Waals surface area contributed by atoms with Crippen LogP contribution in [0.25, 0.3) is 21.8 Å². The minimum absolute atomic E-state index is 0.00532. The van der Waals surface area contributed by atoms with E-state index in [1.165, 1.54) is 0 Å². The van der Waals surface area contributed by atoms with Gasteiger partial charge in [0.1, 0.15) is 18.1 Å². The van der Waals surface area contributed by atoms with Gasteiger partial charge in [0.05, 0.1) is 28.0 Å². The van der Waals surface area contributed by atoms with E-state index in [1.807, 2.05) is 86.6 Å². The first-order valence-electron chi connectivity index (χ1n) is 21.8. The van der Waals surface area contributed by atoms with Crippen molar-refractivity contribution in [3.63, 3.8) is 0 Å². The van der Waals surface area contributed by atoms with Crippen molar-refractivity contribution in [3.05, 3.63) is 84.2 Å².